The second kappa shape index (κ2) is 16.5. The number of hydrogen-bond donors (Lipinski definition) is 0. The summed E-state index contributed by atoms with van der Waals surface area (Å²) in [5.41, 5.74) is 6.42. The molecule has 2 aromatic heterocycles. The largest absolute Gasteiger partial charge is 0.313 e. The highest BCUT2D eigenvalue weighted by Crippen LogP contribution is 2.30. The van der Waals surface area contributed by atoms with Crippen molar-refractivity contribution in [2.45, 2.75) is 41.2 Å². The number of benzene rings is 2. The predicted molar refractivity (Wildman–Crippen MR) is 179 cm³/mol. The molecule has 0 unspecified atom stereocenters. The second-order valence-electron chi connectivity index (χ2n) is 10.2. The lowest BCUT2D eigenvalue weighted by atomic mass is 10.1. The number of amides is 1. The molecule has 8 nitrogen and oxygen atoms in total. The number of anilines is 3. The number of aryl methyl sites for hydroxylation is 1. The Kier molecular flexibility index (Phi) is 12.8. The molecule has 1 aliphatic rings. The summed E-state index contributed by atoms with van der Waals surface area (Å²) in [6.45, 7) is 15.3. The average Bonchev–Trinajstić information content (AvgIpc) is 3.07. The van der Waals surface area contributed by atoms with Gasteiger partial charge < -0.3 is 14.7 Å². The molecule has 3 heterocycles. The summed E-state index contributed by atoms with van der Waals surface area (Å²) in [5.74, 6) is 0.523. The van der Waals surface area contributed by atoms with E-state index in [1.807, 2.05) is 102 Å². The molecule has 1 aliphatic heterocycles. The first-order valence-electron chi connectivity index (χ1n) is 15.2. The molecular weight excluding hydrogens is 534 g/mol. The van der Waals surface area contributed by atoms with Crippen LogP contribution < -0.4 is 9.80 Å². The number of hydrogen-bond acceptors (Lipinski definition) is 7. The van der Waals surface area contributed by atoms with Crippen LogP contribution in [-0.4, -0.2) is 78.0 Å². The van der Waals surface area contributed by atoms with Crippen molar-refractivity contribution in [2.24, 2.45) is 0 Å². The highest BCUT2D eigenvalue weighted by Gasteiger charge is 2.18. The molecule has 2 aromatic carbocycles. The molecule has 4 aromatic rings. The Bertz CT molecular complexity index is 1420. The fourth-order valence-electron chi connectivity index (χ4n) is 4.79. The lowest BCUT2D eigenvalue weighted by Gasteiger charge is -2.32. The molecule has 0 radical (unpaired) electrons. The van der Waals surface area contributed by atoms with E-state index in [2.05, 4.69) is 38.9 Å². The maximum atomic E-state index is 13.4. The van der Waals surface area contributed by atoms with Gasteiger partial charge in [0.25, 0.3) is 5.91 Å². The molecule has 0 saturated carbocycles. The van der Waals surface area contributed by atoms with Gasteiger partial charge in [-0.1, -0.05) is 45.9 Å². The Morgan fingerprint density at radius 3 is 2.23 bits per heavy atom. The Balaban J connectivity index is 0.00000121. The minimum atomic E-state index is -0.0478. The summed E-state index contributed by atoms with van der Waals surface area (Å²) in [6, 6.07) is 19.8. The smallest absolute Gasteiger partial charge is 0.258 e. The van der Waals surface area contributed by atoms with E-state index in [9.17, 15) is 4.79 Å². The van der Waals surface area contributed by atoms with Crippen LogP contribution in [0.25, 0.3) is 11.3 Å². The molecule has 5 rings (SSSR count). The summed E-state index contributed by atoms with van der Waals surface area (Å²) in [4.78, 5) is 35.3. The maximum Gasteiger partial charge on any atom is 0.258 e. The quantitative estimate of drug-likeness (QED) is 0.241. The summed E-state index contributed by atoms with van der Waals surface area (Å²) in [5, 5.41) is 0. The van der Waals surface area contributed by atoms with E-state index in [4.69, 9.17) is 4.98 Å². The third kappa shape index (κ3) is 8.69. The van der Waals surface area contributed by atoms with Crippen molar-refractivity contribution >= 4 is 23.2 Å². The van der Waals surface area contributed by atoms with Gasteiger partial charge in [-0.25, -0.2) is 9.97 Å². The van der Waals surface area contributed by atoms with E-state index in [0.717, 1.165) is 60.9 Å². The van der Waals surface area contributed by atoms with E-state index < -0.39 is 0 Å². The van der Waals surface area contributed by atoms with Gasteiger partial charge in [0.2, 0.25) is 5.95 Å². The third-order valence-electron chi connectivity index (χ3n) is 7.35. The van der Waals surface area contributed by atoms with E-state index in [0.29, 0.717) is 11.5 Å². The molecule has 8 heteroatoms. The Morgan fingerprint density at radius 2 is 1.58 bits per heavy atom. The summed E-state index contributed by atoms with van der Waals surface area (Å²) < 4.78 is 0. The van der Waals surface area contributed by atoms with Crippen LogP contribution in [0.5, 0.6) is 0 Å². The van der Waals surface area contributed by atoms with Gasteiger partial charge in [-0.05, 0) is 67.6 Å². The molecule has 0 N–H and O–H groups in total. The van der Waals surface area contributed by atoms with Gasteiger partial charge in [0.05, 0.1) is 5.69 Å². The van der Waals surface area contributed by atoms with Crippen LogP contribution in [0.4, 0.5) is 17.3 Å². The van der Waals surface area contributed by atoms with Gasteiger partial charge >= 0.3 is 0 Å². The van der Waals surface area contributed by atoms with Gasteiger partial charge in [0.15, 0.2) is 0 Å². The number of nitrogens with zero attached hydrogens (tertiary/aromatic N) is 7. The number of aromatic nitrogens is 3. The van der Waals surface area contributed by atoms with Gasteiger partial charge in [-0.15, -0.1) is 0 Å². The van der Waals surface area contributed by atoms with Crippen molar-refractivity contribution in [3.05, 3.63) is 95.9 Å². The Labute approximate surface area is 258 Å². The predicted octanol–water partition coefficient (Wildman–Crippen LogP) is 6.69. The van der Waals surface area contributed by atoms with Gasteiger partial charge in [0, 0.05) is 87.9 Å². The lowest BCUT2D eigenvalue weighted by Crippen LogP contribution is -2.43. The molecule has 0 aliphatic carbocycles. The summed E-state index contributed by atoms with van der Waals surface area (Å²) in [6.07, 6.45) is 5.29. The number of carbonyl (C=O) groups excluding carboxylic acids is 1. The molecule has 43 heavy (non-hydrogen) atoms. The number of piperazine rings is 1. The van der Waals surface area contributed by atoms with Crippen molar-refractivity contribution < 1.29 is 4.79 Å². The zero-order valence-electron chi connectivity index (χ0n) is 27.1. The monoisotopic (exact) mass is 581 g/mol. The van der Waals surface area contributed by atoms with E-state index in [-0.39, 0.29) is 5.91 Å². The highest BCUT2D eigenvalue weighted by molar-refractivity contribution is 6.06. The summed E-state index contributed by atoms with van der Waals surface area (Å²) >= 11 is 0. The molecular formula is C35H47N7O. The van der Waals surface area contributed by atoms with Crippen LogP contribution >= 0.6 is 0 Å². The van der Waals surface area contributed by atoms with Crippen molar-refractivity contribution in [3.8, 4) is 11.3 Å². The molecule has 0 spiro atoms. The number of carbonyl (C=O) groups is 1. The fraction of sp³-hybridized carbons (Fsp3) is 0.371. The lowest BCUT2D eigenvalue weighted by molar-refractivity contribution is 0.0993. The highest BCUT2D eigenvalue weighted by atomic mass is 16.2. The van der Waals surface area contributed by atoms with Crippen LogP contribution in [0.2, 0.25) is 0 Å². The minimum Gasteiger partial charge on any atom is -0.313 e. The van der Waals surface area contributed by atoms with Crippen LogP contribution in [0.15, 0.2) is 79.3 Å². The number of rotatable bonds is 7. The number of likely N-dealkylation sites (N-methyl/N-ethyl adjacent to an activating group) is 1. The van der Waals surface area contributed by atoms with Gasteiger partial charge in [-0.2, -0.15) is 0 Å². The average molecular weight is 582 g/mol. The first-order chi connectivity index (χ1) is 20.9. The summed E-state index contributed by atoms with van der Waals surface area (Å²) in [7, 11) is 5.92. The third-order valence-corrected chi connectivity index (χ3v) is 7.35. The standard InChI is InChI=1S/C31H35N7O.2C2H6/c1-23-7-12-27(20-29(23)37(4)31-33-15-13-28(34-31)26-6-5-14-32-21-26)36(3)30(39)25-10-8-24(9-11-25)22-38-18-16-35(2)17-19-38;2*1-2/h5-15,20-21H,16-19,22H2,1-4H3;2*1-2H3. The molecule has 1 saturated heterocycles. The van der Waals surface area contributed by atoms with Crippen molar-refractivity contribution in [3.63, 3.8) is 0 Å². The Hall–Kier alpha value is -4.14. The van der Waals surface area contributed by atoms with Crippen LogP contribution in [-0.2, 0) is 6.54 Å². The number of pyridine rings is 1. The Morgan fingerprint density at radius 1 is 0.884 bits per heavy atom. The van der Waals surface area contributed by atoms with Crippen LogP contribution in [0, 0.1) is 6.92 Å². The van der Waals surface area contributed by atoms with Crippen molar-refractivity contribution in [2.75, 3.05) is 57.1 Å². The first kappa shape index (κ1) is 33.4. The van der Waals surface area contributed by atoms with Crippen LogP contribution in [0.3, 0.4) is 0 Å². The maximum absolute atomic E-state index is 13.4. The van der Waals surface area contributed by atoms with Gasteiger partial charge in [-0.3, -0.25) is 14.7 Å². The van der Waals surface area contributed by atoms with Crippen molar-refractivity contribution in [1.82, 2.24) is 24.8 Å². The molecule has 0 atom stereocenters. The van der Waals surface area contributed by atoms with E-state index in [1.165, 1.54) is 5.56 Å². The van der Waals surface area contributed by atoms with E-state index >= 15 is 0 Å². The molecule has 1 fully saturated rings. The zero-order valence-corrected chi connectivity index (χ0v) is 27.1. The van der Waals surface area contributed by atoms with Gasteiger partial charge in [0.1, 0.15) is 0 Å². The molecule has 1 amide bonds. The normalized spacial score (nSPS) is 13.2. The van der Waals surface area contributed by atoms with Crippen molar-refractivity contribution in [1.29, 1.82) is 0 Å². The topological polar surface area (TPSA) is 68.7 Å². The zero-order chi connectivity index (χ0) is 31.4. The molecule has 228 valence electrons. The van der Waals surface area contributed by atoms with E-state index in [1.54, 1.807) is 23.5 Å². The fourth-order valence-corrected chi connectivity index (χ4v) is 4.79. The SMILES string of the molecule is CC.CC.Cc1ccc(N(C)C(=O)c2ccc(CN3CCN(C)CC3)cc2)cc1N(C)c1nccc(-c2cccnc2)n1. The minimum absolute atomic E-state index is 0.0478. The first-order valence-corrected chi connectivity index (χ1v) is 15.2. The molecule has 0 bridgehead atoms. The second-order valence-corrected chi connectivity index (χ2v) is 10.2. The van der Waals surface area contributed by atoms with Crippen LogP contribution in [0.1, 0.15) is 49.2 Å².